The summed E-state index contributed by atoms with van der Waals surface area (Å²) in [6, 6.07) is 0. The van der Waals surface area contributed by atoms with E-state index in [1.54, 1.807) is 11.3 Å². The van der Waals surface area contributed by atoms with Crippen LogP contribution in [-0.4, -0.2) is 48.4 Å². The lowest BCUT2D eigenvalue weighted by molar-refractivity contribution is -0.145. The van der Waals surface area contributed by atoms with Crippen molar-refractivity contribution in [3.8, 4) is 0 Å². The first-order valence-corrected chi connectivity index (χ1v) is 7.48. The summed E-state index contributed by atoms with van der Waals surface area (Å²) in [5.41, 5.74) is -0.0652. The van der Waals surface area contributed by atoms with Crippen molar-refractivity contribution in [3.05, 3.63) is 16.6 Å². The smallest absolute Gasteiger partial charge is 0.107 e. The number of rotatable bonds is 3. The summed E-state index contributed by atoms with van der Waals surface area (Å²) < 4.78 is 11.7. The molecule has 0 N–H and O–H groups in total. The van der Waals surface area contributed by atoms with Crippen LogP contribution in [0.4, 0.5) is 0 Å². The van der Waals surface area contributed by atoms with E-state index >= 15 is 0 Å². The molecular weight excluding hydrogens is 248 g/mol. The molecule has 0 radical (unpaired) electrons. The number of methoxy groups -OCH3 is 1. The number of hydrogen-bond donors (Lipinski definition) is 0. The number of ether oxygens (including phenoxy) is 2. The molecule has 3 rings (SSSR count). The van der Waals surface area contributed by atoms with Crippen LogP contribution in [0.2, 0.25) is 0 Å². The Hall–Kier alpha value is -0.490. The van der Waals surface area contributed by atoms with Crippen molar-refractivity contribution in [1.29, 1.82) is 0 Å². The summed E-state index contributed by atoms with van der Waals surface area (Å²) in [6.07, 6.45) is 5.48. The van der Waals surface area contributed by atoms with Gasteiger partial charge in [0.05, 0.1) is 12.6 Å². The lowest BCUT2D eigenvalue weighted by atomic mass is 9.87. The second-order valence-electron chi connectivity index (χ2n) is 5.17. The van der Waals surface area contributed by atoms with E-state index < -0.39 is 0 Å². The predicted molar refractivity (Wildman–Crippen MR) is 70.7 cm³/mol. The highest BCUT2D eigenvalue weighted by atomic mass is 32.1. The van der Waals surface area contributed by atoms with Crippen LogP contribution in [0.5, 0.6) is 0 Å². The fourth-order valence-corrected chi connectivity index (χ4v) is 3.87. The zero-order valence-electron chi connectivity index (χ0n) is 10.8. The molecule has 2 aliphatic rings. The molecule has 0 unspecified atom stereocenters. The maximum atomic E-state index is 6.05. The average Bonchev–Trinajstić information content (AvgIpc) is 3.02. The zero-order valence-corrected chi connectivity index (χ0v) is 11.6. The molecule has 18 heavy (non-hydrogen) atoms. The van der Waals surface area contributed by atoms with E-state index in [0.29, 0.717) is 0 Å². The molecule has 0 amide bonds. The number of likely N-dealkylation sites (tertiary alicyclic amines) is 1. The largest absolute Gasteiger partial charge is 0.378 e. The Kier molecular flexibility index (Phi) is 3.66. The summed E-state index contributed by atoms with van der Waals surface area (Å²) in [5, 5.41) is 3.23. The van der Waals surface area contributed by atoms with E-state index in [9.17, 15) is 0 Å². The van der Waals surface area contributed by atoms with Crippen LogP contribution < -0.4 is 0 Å². The summed E-state index contributed by atoms with van der Waals surface area (Å²) in [6.45, 7) is 3.87. The van der Waals surface area contributed by atoms with Crippen molar-refractivity contribution in [3.63, 3.8) is 0 Å². The Labute approximate surface area is 112 Å². The minimum Gasteiger partial charge on any atom is -0.378 e. The Balaban J connectivity index is 1.69. The van der Waals surface area contributed by atoms with Crippen LogP contribution in [0.3, 0.4) is 0 Å². The third-order valence-electron chi connectivity index (χ3n) is 4.05. The molecule has 0 aliphatic carbocycles. The standard InChI is InChI=1S/C13H20N2O2S/c1-16-11-3-6-15(9-12-14-5-8-18-12)10-13(11)4-2-7-17-13/h5,8,11H,2-4,6-7,9-10H2,1H3/t11-,13-/m0/s1. The molecule has 2 fully saturated rings. The van der Waals surface area contributed by atoms with Gasteiger partial charge in [-0.3, -0.25) is 4.90 Å². The molecule has 2 aliphatic heterocycles. The number of aromatic nitrogens is 1. The van der Waals surface area contributed by atoms with Gasteiger partial charge in [-0.2, -0.15) is 0 Å². The van der Waals surface area contributed by atoms with Gasteiger partial charge >= 0.3 is 0 Å². The van der Waals surface area contributed by atoms with Gasteiger partial charge in [0.2, 0.25) is 0 Å². The summed E-state index contributed by atoms with van der Waals surface area (Å²) >= 11 is 1.73. The Morgan fingerprint density at radius 1 is 1.67 bits per heavy atom. The van der Waals surface area contributed by atoms with Crippen molar-refractivity contribution in [2.45, 2.75) is 37.5 Å². The summed E-state index contributed by atoms with van der Waals surface area (Å²) in [5.74, 6) is 0. The maximum absolute atomic E-state index is 6.05. The van der Waals surface area contributed by atoms with Gasteiger partial charge in [0.25, 0.3) is 0 Å². The SMILES string of the molecule is CO[C@H]1CCN(Cc2nccs2)C[C@@]12CCCO2. The van der Waals surface area contributed by atoms with Gasteiger partial charge in [-0.05, 0) is 19.3 Å². The second kappa shape index (κ2) is 5.25. The third-order valence-corrected chi connectivity index (χ3v) is 4.81. The molecule has 1 aromatic heterocycles. The number of piperidine rings is 1. The molecule has 2 atom stereocenters. The number of hydrogen-bond acceptors (Lipinski definition) is 5. The van der Waals surface area contributed by atoms with E-state index in [4.69, 9.17) is 9.47 Å². The van der Waals surface area contributed by atoms with Gasteiger partial charge in [-0.25, -0.2) is 4.98 Å². The normalized spacial score (nSPS) is 33.3. The Bertz CT molecular complexity index is 376. The van der Waals surface area contributed by atoms with Crippen LogP contribution in [0.1, 0.15) is 24.3 Å². The van der Waals surface area contributed by atoms with Crippen molar-refractivity contribution in [1.82, 2.24) is 9.88 Å². The molecular formula is C13H20N2O2S. The highest BCUT2D eigenvalue weighted by Crippen LogP contribution is 2.36. The quantitative estimate of drug-likeness (QED) is 0.839. The van der Waals surface area contributed by atoms with Crippen molar-refractivity contribution >= 4 is 11.3 Å². The van der Waals surface area contributed by atoms with Gasteiger partial charge in [0.1, 0.15) is 10.6 Å². The Morgan fingerprint density at radius 2 is 2.61 bits per heavy atom. The number of thiazole rings is 1. The van der Waals surface area contributed by atoms with Gasteiger partial charge < -0.3 is 9.47 Å². The van der Waals surface area contributed by atoms with Crippen molar-refractivity contribution in [2.24, 2.45) is 0 Å². The fourth-order valence-electron chi connectivity index (χ4n) is 3.21. The molecule has 0 aromatic carbocycles. The van der Waals surface area contributed by atoms with Crippen LogP contribution in [0.25, 0.3) is 0 Å². The van der Waals surface area contributed by atoms with E-state index in [-0.39, 0.29) is 11.7 Å². The van der Waals surface area contributed by atoms with Crippen molar-refractivity contribution < 1.29 is 9.47 Å². The topological polar surface area (TPSA) is 34.6 Å². The Morgan fingerprint density at radius 3 is 3.28 bits per heavy atom. The van der Waals surface area contributed by atoms with E-state index in [1.807, 2.05) is 18.7 Å². The fraction of sp³-hybridized carbons (Fsp3) is 0.769. The molecule has 0 saturated carbocycles. The van der Waals surface area contributed by atoms with Crippen LogP contribution in [-0.2, 0) is 16.0 Å². The van der Waals surface area contributed by atoms with Gasteiger partial charge in [-0.15, -0.1) is 11.3 Å². The van der Waals surface area contributed by atoms with Gasteiger partial charge in [0, 0.05) is 38.4 Å². The lowest BCUT2D eigenvalue weighted by Gasteiger charge is -2.44. The minimum atomic E-state index is -0.0652. The van der Waals surface area contributed by atoms with Crippen LogP contribution >= 0.6 is 11.3 Å². The highest BCUT2D eigenvalue weighted by Gasteiger charge is 2.47. The molecule has 4 nitrogen and oxygen atoms in total. The maximum Gasteiger partial charge on any atom is 0.107 e. The van der Waals surface area contributed by atoms with Crippen LogP contribution in [0, 0.1) is 0 Å². The zero-order chi connectivity index (χ0) is 12.4. The minimum absolute atomic E-state index is 0.0652. The van der Waals surface area contributed by atoms with Gasteiger partial charge in [-0.1, -0.05) is 0 Å². The van der Waals surface area contributed by atoms with E-state index in [1.165, 1.54) is 5.01 Å². The molecule has 2 saturated heterocycles. The van der Waals surface area contributed by atoms with Crippen molar-refractivity contribution in [2.75, 3.05) is 26.8 Å². The number of nitrogens with zero attached hydrogens (tertiary/aromatic N) is 2. The first kappa shape index (κ1) is 12.5. The average molecular weight is 268 g/mol. The predicted octanol–water partition coefficient (Wildman–Crippen LogP) is 1.91. The third kappa shape index (κ3) is 2.32. The lowest BCUT2D eigenvalue weighted by Crippen LogP contribution is -2.56. The molecule has 1 spiro atoms. The van der Waals surface area contributed by atoms with Gasteiger partial charge in [0.15, 0.2) is 0 Å². The van der Waals surface area contributed by atoms with E-state index in [0.717, 1.165) is 45.5 Å². The highest BCUT2D eigenvalue weighted by molar-refractivity contribution is 7.09. The van der Waals surface area contributed by atoms with Crippen LogP contribution in [0.15, 0.2) is 11.6 Å². The summed E-state index contributed by atoms with van der Waals surface area (Å²) in [7, 11) is 1.81. The molecule has 3 heterocycles. The monoisotopic (exact) mass is 268 g/mol. The molecule has 5 heteroatoms. The first-order chi connectivity index (χ1) is 8.82. The molecule has 0 bridgehead atoms. The molecule has 100 valence electrons. The second-order valence-corrected chi connectivity index (χ2v) is 6.15. The molecule has 1 aromatic rings. The first-order valence-electron chi connectivity index (χ1n) is 6.60. The summed E-state index contributed by atoms with van der Waals surface area (Å²) in [4.78, 5) is 6.83. The van der Waals surface area contributed by atoms with E-state index in [2.05, 4.69) is 9.88 Å².